The number of ether oxygens (including phenoxy) is 1. The van der Waals surface area contributed by atoms with Crippen LogP contribution in [0.2, 0.25) is 0 Å². The van der Waals surface area contributed by atoms with Gasteiger partial charge in [-0.25, -0.2) is 0 Å². The number of rotatable bonds is 11. The first-order chi connectivity index (χ1) is 8.77. The van der Waals surface area contributed by atoms with E-state index in [9.17, 15) is 4.79 Å². The average Bonchev–Trinajstić information content (AvgIpc) is 2.34. The van der Waals surface area contributed by atoms with Crippen molar-refractivity contribution in [3.63, 3.8) is 0 Å². The van der Waals surface area contributed by atoms with Crippen LogP contribution in [-0.4, -0.2) is 12.6 Å². The van der Waals surface area contributed by atoms with Gasteiger partial charge in [-0.15, -0.1) is 0 Å². The number of allylic oxidation sites excluding steroid dienone is 4. The molecule has 0 bridgehead atoms. The normalized spacial score (nSPS) is 11.4. The number of esters is 1. The lowest BCUT2D eigenvalue weighted by Gasteiger charge is -1.98. The molecule has 0 N–H and O–H groups in total. The summed E-state index contributed by atoms with van der Waals surface area (Å²) in [7, 11) is 0. The lowest BCUT2D eigenvalue weighted by atomic mass is 10.2. The zero-order valence-electron chi connectivity index (χ0n) is 12.0. The standard InChI is InChI=1S/C16H28O2/c1-3-4-5-6-7-8-9-10-11-12-13-14-15-18-16(2)17/h7-8,11-12H,3-6,9-10,13-15H2,1-2H3/b8-7-,12-11+. The monoisotopic (exact) mass is 252 g/mol. The van der Waals surface area contributed by atoms with Gasteiger partial charge >= 0.3 is 5.97 Å². The summed E-state index contributed by atoms with van der Waals surface area (Å²) >= 11 is 0. The highest BCUT2D eigenvalue weighted by Crippen LogP contribution is 2.02. The fourth-order valence-electron chi connectivity index (χ4n) is 1.59. The second kappa shape index (κ2) is 14.0. The van der Waals surface area contributed by atoms with Crippen molar-refractivity contribution < 1.29 is 9.53 Å². The Kier molecular flexibility index (Phi) is 13.2. The van der Waals surface area contributed by atoms with E-state index in [0.29, 0.717) is 6.61 Å². The van der Waals surface area contributed by atoms with Crippen molar-refractivity contribution in [1.29, 1.82) is 0 Å². The minimum atomic E-state index is -0.188. The Hall–Kier alpha value is -1.05. The molecule has 0 saturated heterocycles. The van der Waals surface area contributed by atoms with Gasteiger partial charge < -0.3 is 4.74 Å². The van der Waals surface area contributed by atoms with E-state index in [1.54, 1.807) is 0 Å². The predicted molar refractivity (Wildman–Crippen MR) is 77.5 cm³/mol. The molecule has 0 atom stereocenters. The highest BCUT2D eigenvalue weighted by Gasteiger charge is 1.90. The average molecular weight is 252 g/mol. The molecule has 0 radical (unpaired) electrons. The van der Waals surface area contributed by atoms with Crippen LogP contribution in [0.3, 0.4) is 0 Å². The van der Waals surface area contributed by atoms with Gasteiger partial charge in [0.1, 0.15) is 0 Å². The summed E-state index contributed by atoms with van der Waals surface area (Å²) < 4.78 is 4.85. The van der Waals surface area contributed by atoms with E-state index >= 15 is 0 Å². The summed E-state index contributed by atoms with van der Waals surface area (Å²) in [6.45, 7) is 4.22. The van der Waals surface area contributed by atoms with Crippen molar-refractivity contribution >= 4 is 5.97 Å². The van der Waals surface area contributed by atoms with Crippen molar-refractivity contribution in [3.05, 3.63) is 24.3 Å². The van der Waals surface area contributed by atoms with E-state index < -0.39 is 0 Å². The van der Waals surface area contributed by atoms with Crippen molar-refractivity contribution in [1.82, 2.24) is 0 Å². The summed E-state index contributed by atoms with van der Waals surface area (Å²) in [6.07, 6.45) is 18.3. The fourth-order valence-corrected chi connectivity index (χ4v) is 1.59. The molecule has 0 amide bonds. The third kappa shape index (κ3) is 14.9. The van der Waals surface area contributed by atoms with Crippen LogP contribution in [0, 0.1) is 0 Å². The first kappa shape index (κ1) is 16.9. The zero-order valence-corrected chi connectivity index (χ0v) is 12.0. The van der Waals surface area contributed by atoms with Gasteiger partial charge in [-0.3, -0.25) is 4.79 Å². The highest BCUT2D eigenvalue weighted by molar-refractivity contribution is 5.65. The quantitative estimate of drug-likeness (QED) is 0.300. The van der Waals surface area contributed by atoms with Crippen LogP contribution in [0.15, 0.2) is 24.3 Å². The Labute approximate surface area is 112 Å². The van der Waals surface area contributed by atoms with Crippen molar-refractivity contribution in [2.45, 2.75) is 65.2 Å². The molecule has 0 heterocycles. The van der Waals surface area contributed by atoms with Gasteiger partial charge in [0.05, 0.1) is 6.61 Å². The summed E-state index contributed by atoms with van der Waals surface area (Å²) in [4.78, 5) is 10.5. The smallest absolute Gasteiger partial charge is 0.302 e. The SMILES string of the molecule is CCCCC/C=C\CC/C=C/CCCOC(C)=O. The number of unbranched alkanes of at least 4 members (excludes halogenated alkanes) is 5. The first-order valence-electron chi connectivity index (χ1n) is 7.20. The van der Waals surface area contributed by atoms with Gasteiger partial charge in [0.25, 0.3) is 0 Å². The van der Waals surface area contributed by atoms with Crippen molar-refractivity contribution in [3.8, 4) is 0 Å². The molecule has 0 aromatic carbocycles. The molecule has 2 nitrogen and oxygen atoms in total. The number of carbonyl (C=O) groups is 1. The van der Waals surface area contributed by atoms with Crippen molar-refractivity contribution in [2.24, 2.45) is 0 Å². The van der Waals surface area contributed by atoms with Crippen LogP contribution in [0.4, 0.5) is 0 Å². The van der Waals surface area contributed by atoms with Crippen LogP contribution in [-0.2, 0) is 9.53 Å². The van der Waals surface area contributed by atoms with Crippen molar-refractivity contribution in [2.75, 3.05) is 6.61 Å². The summed E-state index contributed by atoms with van der Waals surface area (Å²) in [6, 6.07) is 0. The van der Waals surface area contributed by atoms with Gasteiger partial charge in [-0.2, -0.15) is 0 Å². The van der Waals surface area contributed by atoms with E-state index in [0.717, 1.165) is 25.7 Å². The third-order valence-electron chi connectivity index (χ3n) is 2.63. The van der Waals surface area contributed by atoms with Crippen LogP contribution in [0.25, 0.3) is 0 Å². The lowest BCUT2D eigenvalue weighted by molar-refractivity contribution is -0.141. The molecule has 104 valence electrons. The predicted octanol–water partition coefficient (Wildman–Crippen LogP) is 4.80. The molecule has 0 aliphatic rings. The Morgan fingerprint density at radius 3 is 2.00 bits per heavy atom. The number of carbonyl (C=O) groups excluding carboxylic acids is 1. The van der Waals surface area contributed by atoms with Crippen LogP contribution in [0.1, 0.15) is 65.2 Å². The fraction of sp³-hybridized carbons (Fsp3) is 0.688. The van der Waals surface area contributed by atoms with Gasteiger partial charge in [0.15, 0.2) is 0 Å². The van der Waals surface area contributed by atoms with Gasteiger partial charge in [-0.1, -0.05) is 44.1 Å². The summed E-state index contributed by atoms with van der Waals surface area (Å²) in [5.74, 6) is -0.188. The molecule has 0 unspecified atom stereocenters. The Bertz CT molecular complexity index is 241. The molecule has 0 aliphatic heterocycles. The Balaban J connectivity index is 3.20. The third-order valence-corrected chi connectivity index (χ3v) is 2.63. The summed E-state index contributed by atoms with van der Waals surface area (Å²) in [5.41, 5.74) is 0. The Morgan fingerprint density at radius 1 is 0.889 bits per heavy atom. The Morgan fingerprint density at radius 2 is 1.44 bits per heavy atom. The van der Waals surface area contributed by atoms with E-state index in [4.69, 9.17) is 4.74 Å². The first-order valence-corrected chi connectivity index (χ1v) is 7.20. The second-order valence-corrected chi connectivity index (χ2v) is 4.50. The molecule has 0 aromatic rings. The maximum absolute atomic E-state index is 10.5. The zero-order chi connectivity index (χ0) is 13.5. The molecular weight excluding hydrogens is 224 g/mol. The van der Waals surface area contributed by atoms with Crippen LogP contribution < -0.4 is 0 Å². The van der Waals surface area contributed by atoms with E-state index in [1.165, 1.54) is 32.6 Å². The minimum absolute atomic E-state index is 0.188. The largest absolute Gasteiger partial charge is 0.466 e. The van der Waals surface area contributed by atoms with E-state index in [-0.39, 0.29) is 5.97 Å². The maximum atomic E-state index is 10.5. The van der Waals surface area contributed by atoms with Gasteiger partial charge in [0.2, 0.25) is 0 Å². The molecule has 18 heavy (non-hydrogen) atoms. The molecule has 0 spiro atoms. The van der Waals surface area contributed by atoms with E-state index in [2.05, 4.69) is 31.2 Å². The maximum Gasteiger partial charge on any atom is 0.302 e. The van der Waals surface area contributed by atoms with Gasteiger partial charge in [0, 0.05) is 6.92 Å². The highest BCUT2D eigenvalue weighted by atomic mass is 16.5. The lowest BCUT2D eigenvalue weighted by Crippen LogP contribution is -1.99. The van der Waals surface area contributed by atoms with Crippen LogP contribution in [0.5, 0.6) is 0 Å². The molecule has 0 fully saturated rings. The molecule has 0 rings (SSSR count). The minimum Gasteiger partial charge on any atom is -0.466 e. The summed E-state index contributed by atoms with van der Waals surface area (Å²) in [5, 5.41) is 0. The molecule has 2 heteroatoms. The topological polar surface area (TPSA) is 26.3 Å². The molecular formula is C16H28O2. The number of hydrogen-bond donors (Lipinski definition) is 0. The molecule has 0 aromatic heterocycles. The van der Waals surface area contributed by atoms with E-state index in [1.807, 2.05) is 0 Å². The second-order valence-electron chi connectivity index (χ2n) is 4.50. The number of hydrogen-bond acceptors (Lipinski definition) is 2. The molecule has 0 saturated carbocycles. The molecule has 0 aliphatic carbocycles. The van der Waals surface area contributed by atoms with Crippen LogP contribution >= 0.6 is 0 Å². The van der Waals surface area contributed by atoms with Gasteiger partial charge in [-0.05, 0) is 38.5 Å².